The van der Waals surface area contributed by atoms with E-state index in [4.69, 9.17) is 0 Å². The predicted octanol–water partition coefficient (Wildman–Crippen LogP) is 0.184. The molecule has 8 nitrogen and oxygen atoms in total. The van der Waals surface area contributed by atoms with Crippen molar-refractivity contribution in [3.8, 4) is 0 Å². The summed E-state index contributed by atoms with van der Waals surface area (Å²) < 4.78 is -0.757. The van der Waals surface area contributed by atoms with Gasteiger partial charge in [0.15, 0.2) is 12.1 Å². The zero-order valence-corrected chi connectivity index (χ0v) is 14.5. The molecule has 0 saturated carbocycles. The van der Waals surface area contributed by atoms with E-state index in [0.29, 0.717) is 5.56 Å². The van der Waals surface area contributed by atoms with E-state index < -0.39 is 46.2 Å². The number of nitrogens with one attached hydrogen (secondary N) is 2. The van der Waals surface area contributed by atoms with Crippen LogP contribution in [0.25, 0.3) is 0 Å². The fourth-order valence-corrected chi connectivity index (χ4v) is 4.10. The summed E-state index contributed by atoms with van der Waals surface area (Å²) in [4.78, 5) is 35.1. The van der Waals surface area contributed by atoms with Crippen LogP contribution in [-0.2, 0) is 14.4 Å². The Morgan fingerprint density at radius 3 is 2.28 bits per heavy atom. The van der Waals surface area contributed by atoms with Gasteiger partial charge in [0.25, 0.3) is 5.91 Å². The molecule has 1 aromatic carbocycles. The molecule has 1 aliphatic rings. The number of hydrogen-bond donors (Lipinski definition) is 5. The number of aliphatic carboxylic acids is 2. The van der Waals surface area contributed by atoms with Crippen molar-refractivity contribution in [2.45, 2.75) is 42.2 Å². The highest BCUT2D eigenvalue weighted by Gasteiger charge is 2.49. The average Bonchev–Trinajstić information content (AvgIpc) is 2.87. The molecule has 25 heavy (non-hydrogen) atoms. The lowest BCUT2D eigenvalue weighted by atomic mass is 10.0. The molecule has 1 aliphatic heterocycles. The Morgan fingerprint density at radius 2 is 1.80 bits per heavy atom. The number of carboxylic acids is 2. The molecule has 0 radical (unpaired) electrons. The molecule has 1 saturated heterocycles. The number of carboxylic acid groups (broad SMARTS) is 2. The van der Waals surface area contributed by atoms with E-state index in [0.717, 1.165) is 11.8 Å². The topological polar surface area (TPSA) is 136 Å². The van der Waals surface area contributed by atoms with Crippen LogP contribution in [0.15, 0.2) is 30.3 Å². The van der Waals surface area contributed by atoms with Crippen molar-refractivity contribution in [2.24, 2.45) is 0 Å². The van der Waals surface area contributed by atoms with Gasteiger partial charge in [0, 0.05) is 4.75 Å². The molecule has 1 heterocycles. The van der Waals surface area contributed by atoms with Gasteiger partial charge in [-0.15, -0.1) is 11.8 Å². The summed E-state index contributed by atoms with van der Waals surface area (Å²) in [6.07, 6.45) is -1.52. The summed E-state index contributed by atoms with van der Waals surface area (Å²) in [5.74, 6) is -3.28. The van der Waals surface area contributed by atoms with Gasteiger partial charge in [-0.2, -0.15) is 0 Å². The van der Waals surface area contributed by atoms with Gasteiger partial charge in [-0.1, -0.05) is 30.3 Å². The number of rotatable bonds is 6. The number of amides is 1. The van der Waals surface area contributed by atoms with Crippen molar-refractivity contribution < 1.29 is 29.7 Å². The zero-order chi connectivity index (χ0) is 18.8. The van der Waals surface area contributed by atoms with E-state index >= 15 is 0 Å². The molecule has 136 valence electrons. The van der Waals surface area contributed by atoms with Gasteiger partial charge in [-0.05, 0) is 19.4 Å². The third kappa shape index (κ3) is 4.30. The smallest absolute Gasteiger partial charge is 0.328 e. The van der Waals surface area contributed by atoms with E-state index in [-0.39, 0.29) is 0 Å². The minimum absolute atomic E-state index is 0.333. The molecule has 9 heteroatoms. The molecule has 2 rings (SSSR count). The van der Waals surface area contributed by atoms with Crippen molar-refractivity contribution in [3.05, 3.63) is 35.9 Å². The second kappa shape index (κ2) is 7.42. The Bertz CT molecular complexity index is 666. The Labute approximate surface area is 148 Å². The first-order chi connectivity index (χ1) is 11.6. The fourth-order valence-electron chi connectivity index (χ4n) is 2.61. The second-order valence-corrected chi connectivity index (χ2v) is 8.01. The standard InChI is InChI=1S/C16H20N2O6S/c1-16(2)11(15(23)24)18-13(25-16)9(14(21)22)17-12(20)10(19)8-6-4-3-5-7-8/h3-7,9-11,13,18-19H,1-2H3,(H,17,20)(H,21,22)(H,23,24)/t9-,10?,11-,13+/m0/s1. The van der Waals surface area contributed by atoms with Gasteiger partial charge < -0.3 is 20.6 Å². The molecule has 1 fully saturated rings. The third-order valence-electron chi connectivity index (χ3n) is 3.93. The summed E-state index contributed by atoms with van der Waals surface area (Å²) in [5.41, 5.74) is 0.333. The van der Waals surface area contributed by atoms with E-state index in [1.807, 2.05) is 0 Å². The largest absolute Gasteiger partial charge is 0.480 e. The summed E-state index contributed by atoms with van der Waals surface area (Å²) in [6.45, 7) is 3.37. The van der Waals surface area contributed by atoms with Crippen molar-refractivity contribution in [1.29, 1.82) is 0 Å². The first-order valence-corrected chi connectivity index (χ1v) is 8.44. The molecular weight excluding hydrogens is 348 g/mol. The summed E-state index contributed by atoms with van der Waals surface area (Å²) >= 11 is 1.12. The van der Waals surface area contributed by atoms with Crippen LogP contribution in [0, 0.1) is 0 Å². The van der Waals surface area contributed by atoms with E-state index in [9.17, 15) is 29.7 Å². The zero-order valence-electron chi connectivity index (χ0n) is 13.7. The molecular formula is C16H20N2O6S. The summed E-state index contributed by atoms with van der Waals surface area (Å²) in [5, 5.41) is 32.9. The van der Waals surface area contributed by atoms with Crippen LogP contribution in [-0.4, -0.2) is 55.4 Å². The van der Waals surface area contributed by atoms with Crippen LogP contribution < -0.4 is 10.6 Å². The van der Waals surface area contributed by atoms with Crippen LogP contribution in [0.2, 0.25) is 0 Å². The number of aliphatic hydroxyl groups excluding tert-OH is 1. The minimum atomic E-state index is -1.52. The lowest BCUT2D eigenvalue weighted by Crippen LogP contribution is -2.54. The maximum absolute atomic E-state index is 12.2. The average molecular weight is 368 g/mol. The van der Waals surface area contributed by atoms with Crippen molar-refractivity contribution in [1.82, 2.24) is 10.6 Å². The lowest BCUT2D eigenvalue weighted by molar-refractivity contribution is -0.144. The lowest BCUT2D eigenvalue weighted by Gasteiger charge is -2.23. The first-order valence-electron chi connectivity index (χ1n) is 7.56. The van der Waals surface area contributed by atoms with E-state index in [1.165, 1.54) is 0 Å². The maximum Gasteiger partial charge on any atom is 0.328 e. The third-order valence-corrected chi connectivity index (χ3v) is 5.44. The Kier molecular flexibility index (Phi) is 5.71. The van der Waals surface area contributed by atoms with Crippen molar-refractivity contribution in [2.75, 3.05) is 0 Å². The molecule has 4 atom stereocenters. The van der Waals surface area contributed by atoms with Crippen LogP contribution in [0.3, 0.4) is 0 Å². The predicted molar refractivity (Wildman–Crippen MR) is 91.0 cm³/mol. The Morgan fingerprint density at radius 1 is 1.20 bits per heavy atom. The fraction of sp³-hybridized carbons (Fsp3) is 0.438. The molecule has 0 aliphatic carbocycles. The Hall–Kier alpha value is -2.10. The number of carbonyl (C=O) groups is 3. The first kappa shape index (κ1) is 19.2. The van der Waals surface area contributed by atoms with E-state index in [1.54, 1.807) is 44.2 Å². The van der Waals surface area contributed by atoms with Gasteiger partial charge in [0.05, 0.1) is 5.37 Å². The molecule has 5 N–H and O–H groups in total. The molecule has 0 aromatic heterocycles. The number of hydrogen-bond acceptors (Lipinski definition) is 6. The molecule has 1 aromatic rings. The number of benzene rings is 1. The molecule has 1 unspecified atom stereocenters. The monoisotopic (exact) mass is 368 g/mol. The number of carbonyl (C=O) groups excluding carboxylic acids is 1. The minimum Gasteiger partial charge on any atom is -0.480 e. The molecule has 0 spiro atoms. The van der Waals surface area contributed by atoms with E-state index in [2.05, 4.69) is 10.6 Å². The second-order valence-electron chi connectivity index (χ2n) is 6.22. The highest BCUT2D eigenvalue weighted by Crippen LogP contribution is 2.39. The number of thioether (sulfide) groups is 1. The molecule has 0 bridgehead atoms. The SMILES string of the molecule is CC1(C)S[C@H]([C@H](NC(=O)C(O)c2ccccc2)C(=O)O)N[C@H]1C(=O)O. The van der Waals surface area contributed by atoms with Crippen molar-refractivity contribution >= 4 is 29.6 Å². The van der Waals surface area contributed by atoms with Crippen LogP contribution in [0.4, 0.5) is 0 Å². The van der Waals surface area contributed by atoms with Crippen molar-refractivity contribution in [3.63, 3.8) is 0 Å². The van der Waals surface area contributed by atoms with Gasteiger partial charge in [0.2, 0.25) is 0 Å². The van der Waals surface area contributed by atoms with Crippen LogP contribution in [0.1, 0.15) is 25.5 Å². The number of aliphatic hydroxyl groups is 1. The normalized spacial score (nSPS) is 24.3. The Balaban J connectivity index is 2.13. The van der Waals surface area contributed by atoms with Gasteiger partial charge in [0.1, 0.15) is 6.04 Å². The molecule has 1 amide bonds. The summed E-state index contributed by atoms with van der Waals surface area (Å²) in [6, 6.07) is 5.77. The summed E-state index contributed by atoms with van der Waals surface area (Å²) in [7, 11) is 0. The van der Waals surface area contributed by atoms with Gasteiger partial charge in [-0.3, -0.25) is 14.9 Å². The van der Waals surface area contributed by atoms with Crippen LogP contribution in [0.5, 0.6) is 0 Å². The maximum atomic E-state index is 12.2. The van der Waals surface area contributed by atoms with Gasteiger partial charge >= 0.3 is 11.9 Å². The highest BCUT2D eigenvalue weighted by atomic mass is 32.2. The highest BCUT2D eigenvalue weighted by molar-refractivity contribution is 8.01. The quantitative estimate of drug-likeness (QED) is 0.480. The van der Waals surface area contributed by atoms with Gasteiger partial charge in [-0.25, -0.2) is 4.79 Å². The van der Waals surface area contributed by atoms with Crippen LogP contribution >= 0.6 is 11.8 Å².